The highest BCUT2D eigenvalue weighted by Gasteiger charge is 2.32. The second-order valence-corrected chi connectivity index (χ2v) is 5.48. The maximum atomic E-state index is 10.0. The highest BCUT2D eigenvalue weighted by molar-refractivity contribution is 5.05. The maximum Gasteiger partial charge on any atom is 0.0744 e. The quantitative estimate of drug-likeness (QED) is 0.503. The lowest BCUT2D eigenvalue weighted by Crippen LogP contribution is -2.56. The summed E-state index contributed by atoms with van der Waals surface area (Å²) in [5, 5.41) is 19.8. The van der Waals surface area contributed by atoms with Gasteiger partial charge in [-0.2, -0.15) is 0 Å². The summed E-state index contributed by atoms with van der Waals surface area (Å²) in [7, 11) is 5.80. The van der Waals surface area contributed by atoms with Crippen molar-refractivity contribution in [1.82, 2.24) is 16.0 Å². The molecule has 0 rings (SSSR count). The summed E-state index contributed by atoms with van der Waals surface area (Å²) in [4.78, 5) is 0. The summed E-state index contributed by atoms with van der Waals surface area (Å²) in [5.41, 5.74) is -0.808. The first-order valence-corrected chi connectivity index (χ1v) is 6.31. The van der Waals surface area contributed by atoms with Crippen molar-refractivity contribution in [2.24, 2.45) is 0 Å². The summed E-state index contributed by atoms with van der Waals surface area (Å²) < 4.78 is 0. The van der Waals surface area contributed by atoms with Crippen LogP contribution in [0.2, 0.25) is 0 Å². The van der Waals surface area contributed by atoms with E-state index in [1.807, 2.05) is 35.0 Å². The third-order valence-electron chi connectivity index (χ3n) is 3.85. The van der Waals surface area contributed by atoms with Crippen LogP contribution in [0.4, 0.5) is 0 Å². The van der Waals surface area contributed by atoms with E-state index in [0.29, 0.717) is 6.04 Å². The third kappa shape index (κ3) is 4.92. The molecule has 3 atom stereocenters. The minimum Gasteiger partial charge on any atom is -0.389 e. The zero-order chi connectivity index (χ0) is 13.7. The molecule has 17 heavy (non-hydrogen) atoms. The predicted octanol–water partition coefficient (Wildman–Crippen LogP) is 0.526. The van der Waals surface area contributed by atoms with Crippen molar-refractivity contribution in [3.8, 4) is 0 Å². The maximum absolute atomic E-state index is 10.0. The molecular formula is C13H30N3O. The summed E-state index contributed by atoms with van der Waals surface area (Å²) in [6.07, 6.45) is 3.04. The monoisotopic (exact) mass is 244 g/mol. The molecule has 3 unspecified atom stereocenters. The molecule has 1 radical (unpaired) electrons. The molecule has 0 amide bonds. The number of nitrogens with one attached hydrogen (secondary N) is 3. The third-order valence-corrected chi connectivity index (χ3v) is 3.85. The summed E-state index contributed by atoms with van der Waals surface area (Å²) in [6, 6.07) is 0.381. The summed E-state index contributed by atoms with van der Waals surface area (Å²) in [5.74, 6) is 0. The van der Waals surface area contributed by atoms with Gasteiger partial charge in [0.05, 0.1) is 5.60 Å². The predicted molar refractivity (Wildman–Crippen MR) is 74.0 cm³/mol. The Hall–Kier alpha value is -0.160. The van der Waals surface area contributed by atoms with Gasteiger partial charge in [0, 0.05) is 17.6 Å². The minimum absolute atomic E-state index is 0.0548. The van der Waals surface area contributed by atoms with Gasteiger partial charge in [0.1, 0.15) is 0 Å². The number of hydrogen-bond donors (Lipinski definition) is 4. The first-order valence-electron chi connectivity index (χ1n) is 6.31. The smallest absolute Gasteiger partial charge is 0.0744 e. The fourth-order valence-electron chi connectivity index (χ4n) is 1.92. The van der Waals surface area contributed by atoms with Crippen LogP contribution in [-0.4, -0.2) is 49.5 Å². The molecule has 0 aromatic rings. The van der Waals surface area contributed by atoms with Gasteiger partial charge in [0.25, 0.3) is 0 Å². The molecule has 0 aliphatic heterocycles. The second-order valence-electron chi connectivity index (χ2n) is 5.48. The SMILES string of the molecule is CNC(C[CH]C(C)(NC)C(C)NC)C(C)(C)O. The first kappa shape index (κ1) is 16.8. The van der Waals surface area contributed by atoms with Crippen LogP contribution in [0.15, 0.2) is 0 Å². The van der Waals surface area contributed by atoms with Gasteiger partial charge in [-0.1, -0.05) is 0 Å². The highest BCUT2D eigenvalue weighted by atomic mass is 16.3. The van der Waals surface area contributed by atoms with Crippen LogP contribution in [0.25, 0.3) is 0 Å². The van der Waals surface area contributed by atoms with Crippen LogP contribution in [0, 0.1) is 6.42 Å². The molecule has 0 saturated carbocycles. The minimum atomic E-state index is -0.719. The van der Waals surface area contributed by atoms with Crippen molar-refractivity contribution in [3.63, 3.8) is 0 Å². The molecule has 0 aliphatic rings. The molecule has 103 valence electrons. The van der Waals surface area contributed by atoms with Crippen LogP contribution in [-0.2, 0) is 0 Å². The fraction of sp³-hybridized carbons (Fsp3) is 0.923. The second kappa shape index (κ2) is 6.69. The topological polar surface area (TPSA) is 56.3 Å². The van der Waals surface area contributed by atoms with E-state index in [0.717, 1.165) is 6.42 Å². The average Bonchev–Trinajstić information content (AvgIpc) is 2.26. The van der Waals surface area contributed by atoms with Crippen molar-refractivity contribution < 1.29 is 5.11 Å². The van der Waals surface area contributed by atoms with Crippen LogP contribution in [0.5, 0.6) is 0 Å². The lowest BCUT2D eigenvalue weighted by Gasteiger charge is -2.38. The molecule has 4 nitrogen and oxygen atoms in total. The Bertz CT molecular complexity index is 215. The van der Waals surface area contributed by atoms with E-state index in [4.69, 9.17) is 0 Å². The molecular weight excluding hydrogens is 214 g/mol. The Morgan fingerprint density at radius 1 is 1.12 bits per heavy atom. The lowest BCUT2D eigenvalue weighted by molar-refractivity contribution is 0.0386. The number of hydrogen-bond acceptors (Lipinski definition) is 4. The van der Waals surface area contributed by atoms with Gasteiger partial charge in [-0.25, -0.2) is 0 Å². The normalized spacial score (nSPS) is 19.8. The Morgan fingerprint density at radius 2 is 1.65 bits per heavy atom. The van der Waals surface area contributed by atoms with Gasteiger partial charge in [-0.15, -0.1) is 0 Å². The largest absolute Gasteiger partial charge is 0.389 e. The Balaban J connectivity index is 4.50. The van der Waals surface area contributed by atoms with E-state index < -0.39 is 5.60 Å². The standard InChI is InChI=1S/C13H30N3O/c1-10(14-5)13(4,16-7)9-8-11(15-6)12(2,3)17/h9-11,14-17H,8H2,1-7H3. The zero-order valence-electron chi connectivity index (χ0n) is 12.4. The van der Waals surface area contributed by atoms with Crippen LogP contribution < -0.4 is 16.0 Å². The van der Waals surface area contributed by atoms with Crippen molar-refractivity contribution in [2.75, 3.05) is 21.1 Å². The van der Waals surface area contributed by atoms with Crippen LogP contribution >= 0.6 is 0 Å². The number of rotatable bonds is 8. The number of likely N-dealkylation sites (N-methyl/N-ethyl adjacent to an activating group) is 3. The van der Waals surface area contributed by atoms with Gasteiger partial charge in [-0.3, -0.25) is 0 Å². The number of aliphatic hydroxyl groups is 1. The van der Waals surface area contributed by atoms with Crippen molar-refractivity contribution in [2.45, 2.75) is 57.3 Å². The molecule has 4 heteroatoms. The van der Waals surface area contributed by atoms with E-state index in [1.165, 1.54) is 0 Å². The van der Waals surface area contributed by atoms with E-state index in [9.17, 15) is 5.11 Å². The molecule has 0 fully saturated rings. The van der Waals surface area contributed by atoms with Crippen LogP contribution in [0.3, 0.4) is 0 Å². The molecule has 0 aliphatic carbocycles. The van der Waals surface area contributed by atoms with Gasteiger partial charge < -0.3 is 21.1 Å². The Kier molecular flexibility index (Phi) is 6.62. The Morgan fingerprint density at radius 3 is 1.94 bits per heavy atom. The van der Waals surface area contributed by atoms with Crippen LogP contribution in [0.1, 0.15) is 34.1 Å². The van der Waals surface area contributed by atoms with E-state index in [2.05, 4.69) is 36.2 Å². The van der Waals surface area contributed by atoms with E-state index in [1.54, 1.807) is 0 Å². The molecule has 0 saturated heterocycles. The molecule has 0 spiro atoms. The highest BCUT2D eigenvalue weighted by Crippen LogP contribution is 2.20. The average molecular weight is 244 g/mol. The van der Waals surface area contributed by atoms with Gasteiger partial charge in [0.15, 0.2) is 0 Å². The molecule has 0 aromatic carbocycles. The van der Waals surface area contributed by atoms with Crippen molar-refractivity contribution in [3.05, 3.63) is 6.42 Å². The Labute approximate surface area is 107 Å². The van der Waals surface area contributed by atoms with Crippen molar-refractivity contribution in [1.29, 1.82) is 0 Å². The lowest BCUT2D eigenvalue weighted by atomic mass is 9.84. The molecule has 0 aromatic heterocycles. The van der Waals surface area contributed by atoms with Gasteiger partial charge in [-0.05, 0) is 61.7 Å². The van der Waals surface area contributed by atoms with E-state index >= 15 is 0 Å². The van der Waals surface area contributed by atoms with E-state index in [-0.39, 0.29) is 11.6 Å². The molecule has 0 heterocycles. The fourth-order valence-corrected chi connectivity index (χ4v) is 1.92. The summed E-state index contributed by atoms with van der Waals surface area (Å²) >= 11 is 0. The zero-order valence-corrected chi connectivity index (χ0v) is 12.4. The summed E-state index contributed by atoms with van der Waals surface area (Å²) in [6.45, 7) is 7.97. The molecule has 0 bridgehead atoms. The van der Waals surface area contributed by atoms with Gasteiger partial charge in [0.2, 0.25) is 0 Å². The first-order chi connectivity index (χ1) is 7.71. The molecule has 4 N–H and O–H groups in total. The van der Waals surface area contributed by atoms with Gasteiger partial charge >= 0.3 is 0 Å². The van der Waals surface area contributed by atoms with Crippen molar-refractivity contribution >= 4 is 0 Å².